The normalized spacial score (nSPS) is 20.5. The summed E-state index contributed by atoms with van der Waals surface area (Å²) in [4.78, 5) is 42.4. The quantitative estimate of drug-likeness (QED) is 0.235. The summed E-state index contributed by atoms with van der Waals surface area (Å²) in [5.74, 6) is -2.73. The van der Waals surface area contributed by atoms with Gasteiger partial charge in [0.05, 0.1) is 32.0 Å². The van der Waals surface area contributed by atoms with Gasteiger partial charge in [0.25, 0.3) is 5.91 Å². The number of carbonyl (C=O) groups is 3. The zero-order valence-electron chi connectivity index (χ0n) is 26.1. The smallest absolute Gasteiger partial charge is 0.416 e. The Labute approximate surface area is 264 Å². The zero-order valence-corrected chi connectivity index (χ0v) is 26.1. The average Bonchev–Trinajstić information content (AvgIpc) is 3.07. The minimum Gasteiger partial charge on any atom is -0.493 e. The number of hydrogen-bond acceptors (Lipinski definition) is 11. The first kappa shape index (κ1) is 36.5. The highest BCUT2D eigenvalue weighted by Gasteiger charge is 2.36. The summed E-state index contributed by atoms with van der Waals surface area (Å²) in [6.45, 7) is 4.86. The SMILES string of the molecule is CCCOC1C(Cc2ccc(C(F)(F)F)cc2)COCC(NC(=O)c2nccc(OC)c2OCOC(=O)COCC)C(=O)OC1C. The Balaban J connectivity index is 1.75. The fourth-order valence-electron chi connectivity index (χ4n) is 4.65. The third-order valence-electron chi connectivity index (χ3n) is 6.88. The summed E-state index contributed by atoms with van der Waals surface area (Å²) >= 11 is 0. The number of esters is 2. The van der Waals surface area contributed by atoms with Crippen molar-refractivity contribution in [3.63, 3.8) is 0 Å². The van der Waals surface area contributed by atoms with Gasteiger partial charge in [-0.05, 0) is 44.4 Å². The van der Waals surface area contributed by atoms with Gasteiger partial charge in [-0.1, -0.05) is 19.1 Å². The van der Waals surface area contributed by atoms with E-state index >= 15 is 0 Å². The minimum absolute atomic E-state index is 0.0572. The molecule has 1 aliphatic heterocycles. The Morgan fingerprint density at radius 1 is 1.11 bits per heavy atom. The van der Waals surface area contributed by atoms with Gasteiger partial charge in [0.2, 0.25) is 6.79 Å². The Morgan fingerprint density at radius 3 is 2.50 bits per heavy atom. The molecule has 0 radical (unpaired) electrons. The monoisotopic (exact) mass is 656 g/mol. The zero-order chi connectivity index (χ0) is 33.7. The number of alkyl halides is 3. The van der Waals surface area contributed by atoms with Crippen molar-refractivity contribution in [1.29, 1.82) is 0 Å². The molecule has 4 atom stereocenters. The van der Waals surface area contributed by atoms with Crippen molar-refractivity contribution in [3.05, 3.63) is 53.3 Å². The number of amides is 1. The second-order valence-electron chi connectivity index (χ2n) is 10.3. The van der Waals surface area contributed by atoms with E-state index in [1.165, 1.54) is 31.5 Å². The van der Waals surface area contributed by atoms with Crippen molar-refractivity contribution < 1.29 is 60.7 Å². The van der Waals surface area contributed by atoms with Gasteiger partial charge >= 0.3 is 18.1 Å². The summed E-state index contributed by atoms with van der Waals surface area (Å²) in [6, 6.07) is 4.98. The standard InChI is InChI=1S/C31H39F3N2O10/c1-5-13-43-27-19(3)46-30(39)23(16-42-15-21(27)14-20-7-9-22(10-8-20)31(32,33)34)36-29(38)26-28(24(40-4)11-12-35-26)45-18-44-25(37)17-41-6-2/h7-12,19,21,23,27H,5-6,13-18H2,1-4H3,(H,36,38). The van der Waals surface area contributed by atoms with Crippen LogP contribution in [0.3, 0.4) is 0 Å². The fourth-order valence-corrected chi connectivity index (χ4v) is 4.65. The highest BCUT2D eigenvalue weighted by Crippen LogP contribution is 2.31. The number of nitrogens with zero attached hydrogens (tertiary/aromatic N) is 1. The van der Waals surface area contributed by atoms with Crippen LogP contribution in [0.15, 0.2) is 36.5 Å². The lowest BCUT2D eigenvalue weighted by Crippen LogP contribution is -2.46. The van der Waals surface area contributed by atoms with Crippen molar-refractivity contribution in [1.82, 2.24) is 10.3 Å². The molecule has 0 aliphatic carbocycles. The summed E-state index contributed by atoms with van der Waals surface area (Å²) in [5.41, 5.74) is -0.400. The van der Waals surface area contributed by atoms with Crippen LogP contribution in [-0.4, -0.2) is 88.0 Å². The van der Waals surface area contributed by atoms with E-state index < -0.39 is 60.5 Å². The number of cyclic esters (lactones) is 1. The lowest BCUT2D eigenvalue weighted by atomic mass is 9.91. The molecule has 12 nitrogen and oxygen atoms in total. The molecule has 254 valence electrons. The van der Waals surface area contributed by atoms with E-state index in [4.69, 9.17) is 33.2 Å². The highest BCUT2D eigenvalue weighted by atomic mass is 19.4. The Hall–Kier alpha value is -3.95. The van der Waals surface area contributed by atoms with E-state index in [9.17, 15) is 27.6 Å². The van der Waals surface area contributed by atoms with E-state index in [2.05, 4.69) is 10.3 Å². The maximum atomic E-state index is 13.4. The maximum absolute atomic E-state index is 13.4. The number of carbonyl (C=O) groups excluding carboxylic acids is 3. The molecule has 1 aromatic heterocycles. The molecule has 1 fully saturated rings. The molecule has 2 heterocycles. The first-order valence-electron chi connectivity index (χ1n) is 14.7. The van der Waals surface area contributed by atoms with Crippen molar-refractivity contribution in [2.24, 2.45) is 5.92 Å². The lowest BCUT2D eigenvalue weighted by molar-refractivity contribution is -0.160. The predicted molar refractivity (Wildman–Crippen MR) is 155 cm³/mol. The first-order valence-corrected chi connectivity index (χ1v) is 14.7. The van der Waals surface area contributed by atoms with Gasteiger partial charge in [0.1, 0.15) is 12.7 Å². The summed E-state index contributed by atoms with van der Waals surface area (Å²) in [6.07, 6.45) is -3.64. The van der Waals surface area contributed by atoms with Crippen LogP contribution in [0.4, 0.5) is 13.2 Å². The van der Waals surface area contributed by atoms with E-state index in [1.807, 2.05) is 6.92 Å². The average molecular weight is 657 g/mol. The number of aromatic nitrogens is 1. The van der Waals surface area contributed by atoms with Gasteiger partial charge in [0, 0.05) is 31.4 Å². The van der Waals surface area contributed by atoms with Gasteiger partial charge in [-0.25, -0.2) is 14.6 Å². The molecule has 1 saturated heterocycles. The highest BCUT2D eigenvalue weighted by molar-refractivity contribution is 5.98. The third kappa shape index (κ3) is 10.6. The molecule has 1 N–H and O–H groups in total. The Kier molecular flexibility index (Phi) is 14.0. The topological polar surface area (TPSA) is 141 Å². The fraction of sp³-hybridized carbons (Fsp3) is 0.548. The molecule has 0 spiro atoms. The van der Waals surface area contributed by atoms with E-state index in [0.717, 1.165) is 12.1 Å². The molecule has 1 aliphatic rings. The molecular weight excluding hydrogens is 617 g/mol. The summed E-state index contributed by atoms with van der Waals surface area (Å²) in [5, 5.41) is 2.55. The number of halogens is 3. The predicted octanol–water partition coefficient (Wildman–Crippen LogP) is 3.74. The number of nitrogens with one attached hydrogen (secondary N) is 1. The van der Waals surface area contributed by atoms with Crippen LogP contribution in [0.2, 0.25) is 0 Å². The molecule has 0 bridgehead atoms. The van der Waals surface area contributed by atoms with E-state index in [1.54, 1.807) is 13.8 Å². The molecule has 1 aromatic carbocycles. The second kappa shape index (κ2) is 17.7. The van der Waals surface area contributed by atoms with E-state index in [-0.39, 0.29) is 43.4 Å². The van der Waals surface area contributed by atoms with Crippen molar-refractivity contribution in [3.8, 4) is 11.5 Å². The molecule has 46 heavy (non-hydrogen) atoms. The number of methoxy groups -OCH3 is 1. The molecule has 2 aromatic rings. The molecule has 1 amide bonds. The van der Waals surface area contributed by atoms with Crippen LogP contribution < -0.4 is 14.8 Å². The number of rotatable bonds is 14. The van der Waals surface area contributed by atoms with Crippen LogP contribution in [-0.2, 0) is 45.9 Å². The third-order valence-corrected chi connectivity index (χ3v) is 6.88. The first-order chi connectivity index (χ1) is 22.0. The molecule has 15 heteroatoms. The maximum Gasteiger partial charge on any atom is 0.416 e. The van der Waals surface area contributed by atoms with Crippen LogP contribution in [0.1, 0.15) is 48.8 Å². The van der Waals surface area contributed by atoms with Gasteiger partial charge in [-0.15, -0.1) is 0 Å². The summed E-state index contributed by atoms with van der Waals surface area (Å²) in [7, 11) is 1.34. The molecule has 3 rings (SSSR count). The largest absolute Gasteiger partial charge is 0.493 e. The number of ether oxygens (including phenoxy) is 7. The molecule has 4 unspecified atom stereocenters. The molecular formula is C31H39F3N2O10. The Morgan fingerprint density at radius 2 is 1.85 bits per heavy atom. The Bertz CT molecular complexity index is 1290. The lowest BCUT2D eigenvalue weighted by Gasteiger charge is -2.30. The van der Waals surface area contributed by atoms with Crippen molar-refractivity contribution in [2.45, 2.75) is 58.0 Å². The number of hydrogen-bond donors (Lipinski definition) is 1. The van der Waals surface area contributed by atoms with Gasteiger partial charge in [0.15, 0.2) is 23.2 Å². The van der Waals surface area contributed by atoms with Gasteiger partial charge in [-0.3, -0.25) is 4.79 Å². The van der Waals surface area contributed by atoms with Crippen molar-refractivity contribution >= 4 is 17.8 Å². The van der Waals surface area contributed by atoms with Crippen LogP contribution in [0, 0.1) is 5.92 Å². The molecule has 0 saturated carbocycles. The second-order valence-corrected chi connectivity index (χ2v) is 10.3. The number of pyridine rings is 1. The van der Waals surface area contributed by atoms with Crippen LogP contribution in [0.25, 0.3) is 0 Å². The van der Waals surface area contributed by atoms with Crippen LogP contribution >= 0.6 is 0 Å². The van der Waals surface area contributed by atoms with Gasteiger partial charge < -0.3 is 38.5 Å². The van der Waals surface area contributed by atoms with Crippen LogP contribution in [0.5, 0.6) is 11.5 Å². The van der Waals surface area contributed by atoms with E-state index in [0.29, 0.717) is 25.2 Å². The number of benzene rings is 1. The van der Waals surface area contributed by atoms with Gasteiger partial charge in [-0.2, -0.15) is 13.2 Å². The minimum atomic E-state index is -4.46. The summed E-state index contributed by atoms with van der Waals surface area (Å²) < 4.78 is 77.5. The van der Waals surface area contributed by atoms with Crippen molar-refractivity contribution in [2.75, 3.05) is 46.9 Å².